The van der Waals surface area contributed by atoms with E-state index in [2.05, 4.69) is 30.8 Å². The van der Waals surface area contributed by atoms with Crippen molar-refractivity contribution >= 4 is 5.97 Å². The molecule has 12 heavy (non-hydrogen) atoms. The molecule has 0 saturated heterocycles. The molecule has 0 aromatic rings. The maximum atomic E-state index is 10.6. The van der Waals surface area contributed by atoms with Gasteiger partial charge in [0.05, 0.1) is 7.11 Å². The Morgan fingerprint density at radius 2 is 2.00 bits per heavy atom. The Bertz CT molecular complexity index is 164. The number of rotatable bonds is 4. The van der Waals surface area contributed by atoms with Gasteiger partial charge in [-0.2, -0.15) is 0 Å². The standard InChI is InChI=1S/C9H17NO2/c1-7(2)8(3)10-6-5-9(11)12-4/h5-8,10H,1-4H3/b6-5+. The van der Waals surface area contributed by atoms with Crippen LogP contribution in [0.15, 0.2) is 12.3 Å². The molecule has 0 rings (SSSR count). The normalized spacial score (nSPS) is 13.4. The van der Waals surface area contributed by atoms with Crippen LogP contribution in [0.2, 0.25) is 0 Å². The maximum Gasteiger partial charge on any atom is 0.331 e. The van der Waals surface area contributed by atoms with Crippen molar-refractivity contribution in [2.75, 3.05) is 7.11 Å². The van der Waals surface area contributed by atoms with E-state index in [0.717, 1.165) is 0 Å². The summed E-state index contributed by atoms with van der Waals surface area (Å²) < 4.78 is 4.43. The second-order valence-electron chi connectivity index (χ2n) is 3.06. The van der Waals surface area contributed by atoms with Crippen LogP contribution in [0.5, 0.6) is 0 Å². The fraction of sp³-hybridized carbons (Fsp3) is 0.667. The minimum Gasteiger partial charge on any atom is -0.466 e. The fourth-order valence-electron chi connectivity index (χ4n) is 0.528. The summed E-state index contributed by atoms with van der Waals surface area (Å²) in [5.74, 6) is 0.214. The molecule has 1 atom stereocenters. The number of carbonyl (C=O) groups excluding carboxylic acids is 1. The van der Waals surface area contributed by atoms with Crippen molar-refractivity contribution in [2.24, 2.45) is 5.92 Å². The Kier molecular flexibility index (Phi) is 5.17. The zero-order valence-electron chi connectivity index (χ0n) is 8.13. The molecule has 0 spiro atoms. The van der Waals surface area contributed by atoms with E-state index in [9.17, 15) is 4.79 Å². The lowest BCUT2D eigenvalue weighted by atomic mass is 10.1. The number of hydrogen-bond acceptors (Lipinski definition) is 3. The SMILES string of the molecule is COC(=O)/C=C/NC(C)C(C)C. The number of ether oxygens (including phenoxy) is 1. The van der Waals surface area contributed by atoms with Crippen molar-refractivity contribution < 1.29 is 9.53 Å². The lowest BCUT2D eigenvalue weighted by molar-refractivity contribution is -0.134. The summed E-state index contributed by atoms with van der Waals surface area (Å²) in [5, 5.41) is 3.07. The van der Waals surface area contributed by atoms with Crippen LogP contribution >= 0.6 is 0 Å². The van der Waals surface area contributed by atoms with Crippen molar-refractivity contribution in [2.45, 2.75) is 26.8 Å². The Balaban J connectivity index is 3.67. The second-order valence-corrected chi connectivity index (χ2v) is 3.06. The van der Waals surface area contributed by atoms with Crippen molar-refractivity contribution in [1.29, 1.82) is 0 Å². The van der Waals surface area contributed by atoms with E-state index in [1.807, 2.05) is 0 Å². The highest BCUT2D eigenvalue weighted by molar-refractivity contribution is 5.81. The van der Waals surface area contributed by atoms with Gasteiger partial charge in [0.1, 0.15) is 0 Å². The summed E-state index contributed by atoms with van der Waals surface area (Å²) in [7, 11) is 1.36. The summed E-state index contributed by atoms with van der Waals surface area (Å²) in [5.41, 5.74) is 0. The molecular weight excluding hydrogens is 154 g/mol. The largest absolute Gasteiger partial charge is 0.466 e. The summed E-state index contributed by atoms with van der Waals surface area (Å²) in [6, 6.07) is 0.367. The molecule has 0 aromatic heterocycles. The monoisotopic (exact) mass is 171 g/mol. The van der Waals surface area contributed by atoms with E-state index in [4.69, 9.17) is 0 Å². The van der Waals surface area contributed by atoms with Crippen molar-refractivity contribution in [3.05, 3.63) is 12.3 Å². The van der Waals surface area contributed by atoms with Gasteiger partial charge in [0, 0.05) is 18.3 Å². The Morgan fingerprint density at radius 3 is 2.42 bits per heavy atom. The van der Waals surface area contributed by atoms with Crippen molar-refractivity contribution in [3.63, 3.8) is 0 Å². The summed E-state index contributed by atoms with van der Waals surface area (Å²) in [4.78, 5) is 10.6. The maximum absolute atomic E-state index is 10.6. The molecule has 0 aliphatic rings. The molecule has 0 aromatic carbocycles. The predicted molar refractivity (Wildman–Crippen MR) is 48.6 cm³/mol. The predicted octanol–water partition coefficient (Wildman–Crippen LogP) is 1.31. The minimum atomic E-state index is -0.335. The highest BCUT2D eigenvalue weighted by atomic mass is 16.5. The molecule has 1 N–H and O–H groups in total. The van der Waals surface area contributed by atoms with E-state index in [-0.39, 0.29) is 5.97 Å². The zero-order valence-corrected chi connectivity index (χ0v) is 8.13. The molecule has 0 aliphatic carbocycles. The lowest BCUT2D eigenvalue weighted by Gasteiger charge is -2.14. The molecular formula is C9H17NO2. The van der Waals surface area contributed by atoms with Gasteiger partial charge in [-0.15, -0.1) is 0 Å². The van der Waals surface area contributed by atoms with Gasteiger partial charge in [-0.25, -0.2) is 4.79 Å². The molecule has 3 nitrogen and oxygen atoms in total. The highest BCUT2D eigenvalue weighted by Gasteiger charge is 2.02. The first kappa shape index (κ1) is 11.0. The van der Waals surface area contributed by atoms with Crippen LogP contribution < -0.4 is 5.32 Å². The lowest BCUT2D eigenvalue weighted by Crippen LogP contribution is -2.26. The molecule has 0 radical (unpaired) electrons. The van der Waals surface area contributed by atoms with Crippen LogP contribution in [0.1, 0.15) is 20.8 Å². The summed E-state index contributed by atoms with van der Waals surface area (Å²) >= 11 is 0. The molecule has 3 heteroatoms. The third-order valence-corrected chi connectivity index (χ3v) is 1.78. The summed E-state index contributed by atoms with van der Waals surface area (Å²) in [6.07, 6.45) is 3.00. The van der Waals surface area contributed by atoms with E-state index in [1.54, 1.807) is 6.20 Å². The fourth-order valence-corrected chi connectivity index (χ4v) is 0.528. The van der Waals surface area contributed by atoms with Crippen molar-refractivity contribution in [3.8, 4) is 0 Å². The number of hydrogen-bond donors (Lipinski definition) is 1. The number of nitrogens with one attached hydrogen (secondary N) is 1. The molecule has 0 amide bonds. The number of esters is 1. The Hall–Kier alpha value is -0.990. The average molecular weight is 171 g/mol. The van der Waals surface area contributed by atoms with Gasteiger partial charge in [-0.3, -0.25) is 0 Å². The van der Waals surface area contributed by atoms with Gasteiger partial charge in [-0.05, 0) is 12.8 Å². The van der Waals surface area contributed by atoms with Crippen LogP contribution in [0, 0.1) is 5.92 Å². The second kappa shape index (κ2) is 5.63. The molecule has 0 saturated carbocycles. The topological polar surface area (TPSA) is 38.3 Å². The van der Waals surface area contributed by atoms with Crippen LogP contribution in [0.25, 0.3) is 0 Å². The van der Waals surface area contributed by atoms with Gasteiger partial charge in [-0.1, -0.05) is 13.8 Å². The smallest absolute Gasteiger partial charge is 0.331 e. The third kappa shape index (κ3) is 4.77. The summed E-state index contributed by atoms with van der Waals surface area (Å²) in [6.45, 7) is 6.29. The molecule has 0 bridgehead atoms. The molecule has 0 fully saturated rings. The first-order valence-electron chi connectivity index (χ1n) is 4.08. The molecule has 0 heterocycles. The van der Waals surface area contributed by atoms with Crippen LogP contribution in [0.4, 0.5) is 0 Å². The van der Waals surface area contributed by atoms with Gasteiger partial charge in [0.15, 0.2) is 0 Å². The van der Waals surface area contributed by atoms with Gasteiger partial charge >= 0.3 is 5.97 Å². The van der Waals surface area contributed by atoms with Crippen LogP contribution in [0.3, 0.4) is 0 Å². The van der Waals surface area contributed by atoms with Crippen LogP contribution in [-0.4, -0.2) is 19.1 Å². The van der Waals surface area contributed by atoms with E-state index >= 15 is 0 Å². The van der Waals surface area contributed by atoms with E-state index < -0.39 is 0 Å². The van der Waals surface area contributed by atoms with Gasteiger partial charge in [0.25, 0.3) is 0 Å². The van der Waals surface area contributed by atoms with Crippen LogP contribution in [-0.2, 0) is 9.53 Å². The Morgan fingerprint density at radius 1 is 1.42 bits per heavy atom. The first-order chi connectivity index (χ1) is 5.57. The van der Waals surface area contributed by atoms with E-state index in [0.29, 0.717) is 12.0 Å². The molecule has 1 unspecified atom stereocenters. The molecule has 0 aliphatic heterocycles. The van der Waals surface area contributed by atoms with E-state index in [1.165, 1.54) is 13.2 Å². The molecule has 70 valence electrons. The van der Waals surface area contributed by atoms with Gasteiger partial charge in [0.2, 0.25) is 0 Å². The minimum absolute atomic E-state index is 0.335. The van der Waals surface area contributed by atoms with Gasteiger partial charge < -0.3 is 10.1 Å². The first-order valence-corrected chi connectivity index (χ1v) is 4.08. The van der Waals surface area contributed by atoms with Crippen molar-refractivity contribution in [1.82, 2.24) is 5.32 Å². The Labute approximate surface area is 73.8 Å². The number of methoxy groups -OCH3 is 1. The third-order valence-electron chi connectivity index (χ3n) is 1.78. The quantitative estimate of drug-likeness (QED) is 0.512. The number of carbonyl (C=O) groups is 1. The highest BCUT2D eigenvalue weighted by Crippen LogP contribution is 1.98. The average Bonchev–Trinajstić information content (AvgIpc) is 2.03. The zero-order chi connectivity index (χ0) is 9.56.